The summed E-state index contributed by atoms with van der Waals surface area (Å²) in [5, 5.41) is 11.8. The third-order valence-electron chi connectivity index (χ3n) is 6.23. The SMILES string of the molecule is CCCC[C@]1(CC)CSc2cc(OCCOC)ccc2[C@@H](c2ccccc2)[C@H]1O. The Morgan fingerprint density at radius 2 is 1.90 bits per heavy atom. The zero-order valence-corrected chi connectivity index (χ0v) is 18.7. The Labute approximate surface area is 179 Å². The Hall–Kier alpha value is -1.49. The summed E-state index contributed by atoms with van der Waals surface area (Å²) in [5.41, 5.74) is 2.31. The lowest BCUT2D eigenvalue weighted by atomic mass is 9.69. The van der Waals surface area contributed by atoms with Gasteiger partial charge in [-0.05, 0) is 36.1 Å². The van der Waals surface area contributed by atoms with Gasteiger partial charge in [0.25, 0.3) is 0 Å². The molecule has 1 N–H and O–H groups in total. The Morgan fingerprint density at radius 1 is 1.10 bits per heavy atom. The van der Waals surface area contributed by atoms with Gasteiger partial charge in [0.05, 0.1) is 12.7 Å². The predicted molar refractivity (Wildman–Crippen MR) is 121 cm³/mol. The maximum Gasteiger partial charge on any atom is 0.120 e. The van der Waals surface area contributed by atoms with Crippen molar-refractivity contribution in [2.75, 3.05) is 26.1 Å². The minimum absolute atomic E-state index is 0.0222. The highest BCUT2D eigenvalue weighted by Crippen LogP contribution is 2.51. The van der Waals surface area contributed by atoms with Crippen molar-refractivity contribution >= 4 is 11.8 Å². The number of rotatable bonds is 9. The van der Waals surface area contributed by atoms with Gasteiger partial charge in [-0.3, -0.25) is 0 Å². The van der Waals surface area contributed by atoms with E-state index in [1.807, 2.05) is 23.9 Å². The van der Waals surface area contributed by atoms with E-state index in [1.165, 1.54) is 16.0 Å². The standard InChI is InChI=1S/C25H34O3S/c1-4-6-14-25(5-2)18-29-22-17-20(28-16-15-27-3)12-13-21(22)23(24(25)26)19-10-8-7-9-11-19/h7-13,17,23-24,26H,4-6,14-16,18H2,1-3H3/t23-,24-,25-/m1/s1. The number of aliphatic hydroxyl groups is 1. The molecule has 2 aromatic rings. The average Bonchev–Trinajstić information content (AvgIpc) is 2.87. The number of aliphatic hydroxyl groups excluding tert-OH is 1. The highest BCUT2D eigenvalue weighted by Gasteiger charge is 2.44. The molecular formula is C25H34O3S. The fourth-order valence-corrected chi connectivity index (χ4v) is 5.84. The lowest BCUT2D eigenvalue weighted by Crippen LogP contribution is -2.40. The van der Waals surface area contributed by atoms with E-state index in [0.29, 0.717) is 13.2 Å². The normalized spacial score (nSPS) is 24.0. The van der Waals surface area contributed by atoms with Crippen LogP contribution >= 0.6 is 11.8 Å². The van der Waals surface area contributed by atoms with Crippen LogP contribution in [0.1, 0.15) is 56.6 Å². The molecule has 3 nitrogen and oxygen atoms in total. The molecule has 1 aliphatic rings. The van der Waals surface area contributed by atoms with Gasteiger partial charge in [-0.1, -0.05) is 63.1 Å². The molecule has 4 heteroatoms. The second-order valence-electron chi connectivity index (χ2n) is 7.98. The monoisotopic (exact) mass is 414 g/mol. The van der Waals surface area contributed by atoms with Crippen LogP contribution in [0.2, 0.25) is 0 Å². The van der Waals surface area contributed by atoms with E-state index in [0.717, 1.165) is 37.2 Å². The number of benzene rings is 2. The second-order valence-corrected chi connectivity index (χ2v) is 9.00. The first-order valence-electron chi connectivity index (χ1n) is 10.8. The Bertz CT molecular complexity index is 764. The van der Waals surface area contributed by atoms with Crippen molar-refractivity contribution in [3.05, 3.63) is 59.7 Å². The van der Waals surface area contributed by atoms with Crippen molar-refractivity contribution in [3.63, 3.8) is 0 Å². The molecule has 0 aromatic heterocycles. The maximum absolute atomic E-state index is 11.8. The first kappa shape index (κ1) is 22.2. The summed E-state index contributed by atoms with van der Waals surface area (Å²) in [7, 11) is 1.68. The van der Waals surface area contributed by atoms with Crippen LogP contribution < -0.4 is 4.74 Å². The molecule has 0 radical (unpaired) electrons. The Kier molecular flexibility index (Phi) is 8.05. The van der Waals surface area contributed by atoms with Gasteiger partial charge in [0.15, 0.2) is 0 Å². The van der Waals surface area contributed by atoms with Crippen molar-refractivity contribution in [2.24, 2.45) is 5.41 Å². The van der Waals surface area contributed by atoms with Crippen LogP contribution in [-0.2, 0) is 4.74 Å². The van der Waals surface area contributed by atoms with E-state index in [-0.39, 0.29) is 11.3 Å². The Balaban J connectivity index is 2.02. The van der Waals surface area contributed by atoms with Gasteiger partial charge in [-0.25, -0.2) is 0 Å². The maximum atomic E-state index is 11.8. The number of unbranched alkanes of at least 4 members (excludes halogenated alkanes) is 1. The lowest BCUT2D eigenvalue weighted by molar-refractivity contribution is 0.0182. The molecule has 0 fully saturated rings. The summed E-state index contributed by atoms with van der Waals surface area (Å²) < 4.78 is 11.0. The van der Waals surface area contributed by atoms with Crippen LogP contribution in [0.5, 0.6) is 5.75 Å². The van der Waals surface area contributed by atoms with Gasteiger partial charge in [-0.2, -0.15) is 0 Å². The van der Waals surface area contributed by atoms with Crippen molar-refractivity contribution in [3.8, 4) is 5.75 Å². The zero-order chi connectivity index (χ0) is 20.7. The minimum Gasteiger partial charge on any atom is -0.491 e. The molecule has 3 rings (SSSR count). The largest absolute Gasteiger partial charge is 0.491 e. The van der Waals surface area contributed by atoms with E-state index in [1.54, 1.807) is 7.11 Å². The van der Waals surface area contributed by atoms with Gasteiger partial charge in [0.2, 0.25) is 0 Å². The van der Waals surface area contributed by atoms with Crippen molar-refractivity contribution < 1.29 is 14.6 Å². The van der Waals surface area contributed by atoms with Gasteiger partial charge < -0.3 is 14.6 Å². The molecule has 0 aliphatic carbocycles. The smallest absolute Gasteiger partial charge is 0.120 e. The number of ether oxygens (including phenoxy) is 2. The molecule has 0 saturated heterocycles. The molecule has 1 heterocycles. The molecule has 1 aliphatic heterocycles. The Morgan fingerprint density at radius 3 is 2.59 bits per heavy atom. The quantitative estimate of drug-likeness (QED) is 0.519. The molecule has 3 atom stereocenters. The van der Waals surface area contributed by atoms with E-state index < -0.39 is 6.10 Å². The lowest BCUT2D eigenvalue weighted by Gasteiger charge is -2.39. The third-order valence-corrected chi connectivity index (χ3v) is 7.61. The van der Waals surface area contributed by atoms with E-state index in [4.69, 9.17) is 9.47 Å². The summed E-state index contributed by atoms with van der Waals surface area (Å²) in [6, 6.07) is 16.8. The predicted octanol–water partition coefficient (Wildman–Crippen LogP) is 5.90. The second kappa shape index (κ2) is 10.5. The van der Waals surface area contributed by atoms with Crippen molar-refractivity contribution in [1.82, 2.24) is 0 Å². The fourth-order valence-electron chi connectivity index (χ4n) is 4.32. The molecule has 0 unspecified atom stereocenters. The van der Waals surface area contributed by atoms with Crippen LogP contribution in [0.25, 0.3) is 0 Å². The van der Waals surface area contributed by atoms with Gasteiger partial charge in [-0.15, -0.1) is 11.8 Å². The molecule has 29 heavy (non-hydrogen) atoms. The molecule has 158 valence electrons. The molecule has 0 bridgehead atoms. The highest BCUT2D eigenvalue weighted by molar-refractivity contribution is 7.99. The first-order chi connectivity index (χ1) is 14.1. The van der Waals surface area contributed by atoms with Crippen LogP contribution in [0.15, 0.2) is 53.4 Å². The van der Waals surface area contributed by atoms with Crippen LogP contribution in [0, 0.1) is 5.41 Å². The molecule has 0 saturated carbocycles. The summed E-state index contributed by atoms with van der Waals surface area (Å²) in [6.45, 7) is 5.58. The van der Waals surface area contributed by atoms with Crippen molar-refractivity contribution in [1.29, 1.82) is 0 Å². The zero-order valence-electron chi connectivity index (χ0n) is 17.9. The topological polar surface area (TPSA) is 38.7 Å². The van der Waals surface area contributed by atoms with Gasteiger partial charge in [0.1, 0.15) is 12.4 Å². The van der Waals surface area contributed by atoms with Crippen molar-refractivity contribution in [2.45, 2.75) is 56.4 Å². The van der Waals surface area contributed by atoms with E-state index >= 15 is 0 Å². The van der Waals surface area contributed by atoms with Gasteiger partial charge >= 0.3 is 0 Å². The number of thioether (sulfide) groups is 1. The van der Waals surface area contributed by atoms with Crippen LogP contribution in [-0.4, -0.2) is 37.3 Å². The van der Waals surface area contributed by atoms with Crippen LogP contribution in [0.3, 0.4) is 0 Å². The number of fused-ring (bicyclic) bond motifs is 1. The molecule has 0 amide bonds. The molecule has 0 spiro atoms. The summed E-state index contributed by atoms with van der Waals surface area (Å²) in [4.78, 5) is 1.22. The van der Waals surface area contributed by atoms with E-state index in [2.05, 4.69) is 50.2 Å². The summed E-state index contributed by atoms with van der Waals surface area (Å²) in [6.07, 6.45) is 3.93. The summed E-state index contributed by atoms with van der Waals surface area (Å²) in [5.74, 6) is 1.78. The fraction of sp³-hybridized carbons (Fsp3) is 0.520. The number of hydrogen-bond donors (Lipinski definition) is 1. The van der Waals surface area contributed by atoms with Crippen LogP contribution in [0.4, 0.5) is 0 Å². The van der Waals surface area contributed by atoms with Gasteiger partial charge in [0, 0.05) is 29.1 Å². The summed E-state index contributed by atoms with van der Waals surface area (Å²) >= 11 is 1.88. The highest BCUT2D eigenvalue weighted by atomic mass is 32.2. The third kappa shape index (κ3) is 4.99. The first-order valence-corrected chi connectivity index (χ1v) is 11.7. The van der Waals surface area contributed by atoms with E-state index in [9.17, 15) is 5.11 Å². The number of hydrogen-bond acceptors (Lipinski definition) is 4. The average molecular weight is 415 g/mol. The molecular weight excluding hydrogens is 380 g/mol. The minimum atomic E-state index is -0.407. The molecule has 2 aromatic carbocycles. The number of methoxy groups -OCH3 is 1.